The lowest BCUT2D eigenvalue weighted by atomic mass is 9.63. The molecule has 1 aromatic heterocycles. The Kier molecular flexibility index (Phi) is 5.81. The molecule has 2 aliphatic rings. The smallest absolute Gasteiger partial charge is 0.341 e. The molecule has 2 atom stereocenters. The minimum absolute atomic E-state index is 0.00134. The van der Waals surface area contributed by atoms with Gasteiger partial charge >= 0.3 is 5.97 Å². The molecule has 1 aliphatic heterocycles. The summed E-state index contributed by atoms with van der Waals surface area (Å²) >= 11 is 0. The van der Waals surface area contributed by atoms with Crippen LogP contribution in [0.4, 0.5) is 0 Å². The number of nitrogens with zero attached hydrogens (tertiary/aromatic N) is 1. The molecule has 2 heterocycles. The number of aromatic carboxylic acids is 1. The number of methoxy groups -OCH3 is 1. The second-order valence-electron chi connectivity index (χ2n) is 10.8. The normalized spacial score (nSPS) is 20.9. The number of pyridine rings is 1. The van der Waals surface area contributed by atoms with E-state index in [2.05, 4.69) is 13.8 Å². The molecule has 1 fully saturated rings. The van der Waals surface area contributed by atoms with Crippen LogP contribution in [0.5, 0.6) is 11.5 Å². The monoisotopic (exact) mass is 455 g/mol. The van der Waals surface area contributed by atoms with E-state index in [0.717, 1.165) is 30.4 Å². The van der Waals surface area contributed by atoms with Crippen LogP contribution in [0.2, 0.25) is 0 Å². The summed E-state index contributed by atoms with van der Waals surface area (Å²) in [6.45, 7) is 8.61. The molecule has 0 amide bonds. The molecule has 1 aromatic carbocycles. The summed E-state index contributed by atoms with van der Waals surface area (Å²) in [6, 6.07) is 5.36. The van der Waals surface area contributed by atoms with Crippen molar-refractivity contribution in [2.24, 2.45) is 10.8 Å². The maximum absolute atomic E-state index is 12.7. The van der Waals surface area contributed by atoms with Gasteiger partial charge in [0.15, 0.2) is 16.9 Å². The molecule has 1 aliphatic carbocycles. The molecule has 0 spiro atoms. The first kappa shape index (κ1) is 23.4. The van der Waals surface area contributed by atoms with Gasteiger partial charge in [0.2, 0.25) is 0 Å². The number of aromatic nitrogens is 1. The van der Waals surface area contributed by atoms with Crippen molar-refractivity contribution in [2.75, 3.05) is 20.3 Å². The number of rotatable bonds is 6. The molecule has 7 nitrogen and oxygen atoms in total. The second-order valence-corrected chi connectivity index (χ2v) is 10.8. The van der Waals surface area contributed by atoms with E-state index in [9.17, 15) is 19.8 Å². The standard InChI is InChI=1S/C26H33NO6/c1-25(2,13-28)14-33-22-9-16-15-7-6-8-26(3,4)23(15)27-12-18(24(30)31)20(29)11-19(27)17(16)10-21(22)32-5/h9-12,15,23,28H,6-8,13-14H2,1-5H3,(H,30,31)/t15-,23+/m0/s1. The molecule has 0 bridgehead atoms. The third kappa shape index (κ3) is 4.03. The Labute approximate surface area is 194 Å². The minimum Gasteiger partial charge on any atom is -0.493 e. The number of ether oxygens (including phenoxy) is 2. The van der Waals surface area contributed by atoms with E-state index in [1.807, 2.05) is 30.5 Å². The second kappa shape index (κ2) is 8.20. The van der Waals surface area contributed by atoms with Gasteiger partial charge in [0.1, 0.15) is 5.56 Å². The van der Waals surface area contributed by atoms with E-state index in [1.165, 1.54) is 12.3 Å². The number of hydrogen-bond donors (Lipinski definition) is 2. The molecular formula is C26H33NO6. The number of aliphatic hydroxyl groups excluding tert-OH is 1. The summed E-state index contributed by atoms with van der Waals surface area (Å²) in [4.78, 5) is 24.4. The molecule has 4 rings (SSSR count). The Morgan fingerprint density at radius 1 is 1.24 bits per heavy atom. The van der Waals surface area contributed by atoms with Crippen molar-refractivity contribution in [3.63, 3.8) is 0 Å². The third-order valence-corrected chi connectivity index (χ3v) is 7.19. The van der Waals surface area contributed by atoms with Gasteiger partial charge in [-0.25, -0.2) is 4.79 Å². The highest BCUT2D eigenvalue weighted by Crippen LogP contribution is 2.57. The first-order chi connectivity index (χ1) is 15.5. The predicted molar refractivity (Wildman–Crippen MR) is 125 cm³/mol. The lowest BCUT2D eigenvalue weighted by molar-refractivity contribution is 0.0691. The average Bonchev–Trinajstić information content (AvgIpc) is 2.76. The summed E-state index contributed by atoms with van der Waals surface area (Å²) in [5.74, 6) is 0.0915. The van der Waals surface area contributed by atoms with Crippen LogP contribution in [0.3, 0.4) is 0 Å². The van der Waals surface area contributed by atoms with Gasteiger partial charge < -0.3 is 24.3 Å². The number of hydrogen-bond acceptors (Lipinski definition) is 5. The number of carboxylic acids is 1. The number of carbonyl (C=O) groups is 1. The van der Waals surface area contributed by atoms with Crippen molar-refractivity contribution in [1.82, 2.24) is 4.57 Å². The summed E-state index contributed by atoms with van der Waals surface area (Å²) in [5.41, 5.74) is 1.47. The zero-order valence-corrected chi connectivity index (χ0v) is 20.0. The Balaban J connectivity index is 1.93. The molecule has 33 heavy (non-hydrogen) atoms. The Morgan fingerprint density at radius 3 is 2.61 bits per heavy atom. The van der Waals surface area contributed by atoms with E-state index in [-0.39, 0.29) is 29.5 Å². The van der Waals surface area contributed by atoms with Crippen molar-refractivity contribution >= 4 is 5.97 Å². The van der Waals surface area contributed by atoms with Crippen molar-refractivity contribution < 1.29 is 24.5 Å². The van der Waals surface area contributed by atoms with Crippen LogP contribution in [0.1, 0.15) is 74.8 Å². The van der Waals surface area contributed by atoms with Crippen LogP contribution in [0.25, 0.3) is 11.3 Å². The van der Waals surface area contributed by atoms with E-state index in [1.54, 1.807) is 7.11 Å². The van der Waals surface area contributed by atoms with E-state index >= 15 is 0 Å². The SMILES string of the molecule is COc1cc2c(cc1OCC(C)(C)CO)[C@@H]1CCCC(C)(C)[C@@H]1n1cc(C(=O)O)c(=O)cc1-2. The summed E-state index contributed by atoms with van der Waals surface area (Å²) in [7, 11) is 1.57. The zero-order chi connectivity index (χ0) is 24.1. The largest absolute Gasteiger partial charge is 0.493 e. The van der Waals surface area contributed by atoms with Crippen LogP contribution in [-0.2, 0) is 0 Å². The van der Waals surface area contributed by atoms with Gasteiger partial charge in [-0.1, -0.05) is 34.1 Å². The van der Waals surface area contributed by atoms with Crippen LogP contribution in [0.15, 0.2) is 29.2 Å². The molecule has 2 aromatic rings. The fourth-order valence-electron chi connectivity index (χ4n) is 5.38. The number of carboxylic acid groups (broad SMARTS) is 1. The van der Waals surface area contributed by atoms with E-state index < -0.39 is 16.8 Å². The fourth-order valence-corrected chi connectivity index (χ4v) is 5.38. The highest BCUT2D eigenvalue weighted by molar-refractivity contribution is 5.88. The number of fused-ring (bicyclic) bond motifs is 6. The maximum atomic E-state index is 12.7. The predicted octanol–water partition coefficient (Wildman–Crippen LogP) is 4.47. The zero-order valence-electron chi connectivity index (χ0n) is 20.0. The number of benzene rings is 1. The molecule has 2 N–H and O–H groups in total. The summed E-state index contributed by atoms with van der Waals surface area (Å²) in [5, 5.41) is 19.2. The van der Waals surface area contributed by atoms with Crippen LogP contribution >= 0.6 is 0 Å². The maximum Gasteiger partial charge on any atom is 0.341 e. The first-order valence-corrected chi connectivity index (χ1v) is 11.4. The minimum atomic E-state index is -1.21. The summed E-state index contributed by atoms with van der Waals surface area (Å²) in [6.07, 6.45) is 4.56. The van der Waals surface area contributed by atoms with Gasteiger partial charge in [0, 0.05) is 35.2 Å². The van der Waals surface area contributed by atoms with Gasteiger partial charge in [-0.3, -0.25) is 4.79 Å². The van der Waals surface area contributed by atoms with Crippen molar-refractivity contribution in [1.29, 1.82) is 0 Å². The van der Waals surface area contributed by atoms with E-state index in [4.69, 9.17) is 9.47 Å². The summed E-state index contributed by atoms with van der Waals surface area (Å²) < 4.78 is 13.7. The van der Waals surface area contributed by atoms with Gasteiger partial charge in [0.05, 0.1) is 26.0 Å². The van der Waals surface area contributed by atoms with Gasteiger partial charge in [-0.15, -0.1) is 0 Å². The third-order valence-electron chi connectivity index (χ3n) is 7.19. The first-order valence-electron chi connectivity index (χ1n) is 11.4. The fraction of sp³-hybridized carbons (Fsp3) is 0.538. The molecule has 7 heteroatoms. The Hall–Kier alpha value is -2.80. The Bertz CT molecular complexity index is 1150. The highest BCUT2D eigenvalue weighted by atomic mass is 16.5. The molecule has 0 saturated heterocycles. The van der Waals surface area contributed by atoms with Crippen molar-refractivity contribution in [3.05, 3.63) is 45.7 Å². The average molecular weight is 456 g/mol. The van der Waals surface area contributed by atoms with Gasteiger partial charge in [0.25, 0.3) is 0 Å². The van der Waals surface area contributed by atoms with Gasteiger partial charge in [-0.2, -0.15) is 0 Å². The van der Waals surface area contributed by atoms with Crippen LogP contribution in [0, 0.1) is 10.8 Å². The van der Waals surface area contributed by atoms with Gasteiger partial charge in [-0.05, 0) is 36.0 Å². The molecule has 0 unspecified atom stereocenters. The topological polar surface area (TPSA) is 98.0 Å². The van der Waals surface area contributed by atoms with Crippen molar-refractivity contribution in [2.45, 2.75) is 58.9 Å². The lowest BCUT2D eigenvalue weighted by Gasteiger charge is -2.49. The van der Waals surface area contributed by atoms with Crippen LogP contribution < -0.4 is 14.9 Å². The number of aliphatic hydroxyl groups is 1. The molecule has 0 radical (unpaired) electrons. The molecular weight excluding hydrogens is 422 g/mol. The quantitative estimate of drug-likeness (QED) is 0.667. The van der Waals surface area contributed by atoms with E-state index in [0.29, 0.717) is 23.8 Å². The highest BCUT2D eigenvalue weighted by Gasteiger charge is 2.45. The molecule has 178 valence electrons. The molecule has 1 saturated carbocycles. The van der Waals surface area contributed by atoms with Crippen LogP contribution in [-0.4, -0.2) is 41.1 Å². The Morgan fingerprint density at radius 2 is 1.97 bits per heavy atom. The van der Waals surface area contributed by atoms with Crippen molar-refractivity contribution in [3.8, 4) is 22.8 Å². The lowest BCUT2D eigenvalue weighted by Crippen LogP contribution is -2.40.